The maximum atomic E-state index is 6.10. The van der Waals surface area contributed by atoms with E-state index in [9.17, 15) is 0 Å². The molecule has 1 heterocycles. The highest BCUT2D eigenvalue weighted by Crippen LogP contribution is 2.23. The molecule has 2 rings (SSSR count). The second-order valence-corrected chi connectivity index (χ2v) is 5.49. The second kappa shape index (κ2) is 7.49. The fraction of sp³-hybridized carbons (Fsp3) is 0.688. The molecular weight excluding hydrogens is 236 g/mol. The lowest BCUT2D eigenvalue weighted by Gasteiger charge is -2.17. The minimum absolute atomic E-state index is 0.345. The van der Waals surface area contributed by atoms with Gasteiger partial charge in [0.15, 0.2) is 0 Å². The predicted octanol–water partition coefficient (Wildman–Crippen LogP) is 3.59. The highest BCUT2D eigenvalue weighted by atomic mass is 16.5. The number of aryl methyl sites for hydroxylation is 1. The van der Waals surface area contributed by atoms with Crippen molar-refractivity contribution in [3.05, 3.63) is 23.4 Å². The van der Waals surface area contributed by atoms with Crippen molar-refractivity contribution < 1.29 is 4.74 Å². The standard InChI is InChI=1S/C16H26N2O/c1-2-7-14-10-13(12-17)11-16(18-14)19-15-8-5-3-4-6-9-15/h10-11,15H,2-9,12,17H2,1H3. The summed E-state index contributed by atoms with van der Waals surface area (Å²) in [5, 5.41) is 0. The first-order chi connectivity index (χ1) is 9.31. The summed E-state index contributed by atoms with van der Waals surface area (Å²) in [6.07, 6.45) is 10.0. The van der Waals surface area contributed by atoms with Crippen LogP contribution in [-0.2, 0) is 13.0 Å². The van der Waals surface area contributed by atoms with E-state index in [0.717, 1.165) is 42.8 Å². The van der Waals surface area contributed by atoms with Crippen molar-refractivity contribution in [1.82, 2.24) is 4.98 Å². The third-order valence-electron chi connectivity index (χ3n) is 3.75. The Hall–Kier alpha value is -1.09. The zero-order valence-corrected chi connectivity index (χ0v) is 12.0. The Morgan fingerprint density at radius 2 is 1.95 bits per heavy atom. The van der Waals surface area contributed by atoms with E-state index >= 15 is 0 Å². The Bertz CT molecular complexity index is 384. The minimum Gasteiger partial charge on any atom is -0.474 e. The summed E-state index contributed by atoms with van der Waals surface area (Å²) in [6.45, 7) is 2.73. The highest BCUT2D eigenvalue weighted by molar-refractivity contribution is 5.25. The molecule has 1 aromatic rings. The number of pyridine rings is 1. The smallest absolute Gasteiger partial charge is 0.214 e. The molecule has 106 valence electrons. The molecule has 0 amide bonds. The summed E-state index contributed by atoms with van der Waals surface area (Å²) in [5.41, 5.74) is 7.99. The van der Waals surface area contributed by atoms with Crippen LogP contribution in [0.1, 0.15) is 63.1 Å². The topological polar surface area (TPSA) is 48.1 Å². The molecule has 3 nitrogen and oxygen atoms in total. The number of nitrogens with two attached hydrogens (primary N) is 1. The van der Waals surface area contributed by atoms with E-state index in [2.05, 4.69) is 18.0 Å². The van der Waals surface area contributed by atoms with Crippen LogP contribution >= 0.6 is 0 Å². The van der Waals surface area contributed by atoms with Gasteiger partial charge in [-0.15, -0.1) is 0 Å². The molecule has 1 aromatic heterocycles. The van der Waals surface area contributed by atoms with E-state index < -0.39 is 0 Å². The third-order valence-corrected chi connectivity index (χ3v) is 3.75. The van der Waals surface area contributed by atoms with Gasteiger partial charge in [0.25, 0.3) is 0 Å². The van der Waals surface area contributed by atoms with Crippen molar-refractivity contribution in [2.75, 3.05) is 0 Å². The van der Waals surface area contributed by atoms with Gasteiger partial charge >= 0.3 is 0 Å². The van der Waals surface area contributed by atoms with Crippen LogP contribution in [0.4, 0.5) is 0 Å². The van der Waals surface area contributed by atoms with Crippen LogP contribution in [0.15, 0.2) is 12.1 Å². The molecule has 0 unspecified atom stereocenters. The zero-order valence-electron chi connectivity index (χ0n) is 12.0. The van der Waals surface area contributed by atoms with Crippen molar-refractivity contribution in [1.29, 1.82) is 0 Å². The number of hydrogen-bond acceptors (Lipinski definition) is 3. The molecule has 2 N–H and O–H groups in total. The lowest BCUT2D eigenvalue weighted by molar-refractivity contribution is 0.175. The van der Waals surface area contributed by atoms with Crippen LogP contribution in [0.3, 0.4) is 0 Å². The van der Waals surface area contributed by atoms with Gasteiger partial charge in [-0.2, -0.15) is 0 Å². The molecule has 0 aromatic carbocycles. The number of ether oxygens (including phenoxy) is 1. The Labute approximate surface area is 116 Å². The summed E-state index contributed by atoms with van der Waals surface area (Å²) in [7, 11) is 0. The number of aromatic nitrogens is 1. The lowest BCUT2D eigenvalue weighted by Crippen LogP contribution is -2.16. The van der Waals surface area contributed by atoms with Gasteiger partial charge in [0.1, 0.15) is 6.10 Å². The molecule has 0 spiro atoms. The molecule has 1 saturated carbocycles. The second-order valence-electron chi connectivity index (χ2n) is 5.49. The SMILES string of the molecule is CCCc1cc(CN)cc(OC2CCCCCC2)n1. The van der Waals surface area contributed by atoms with E-state index in [1.54, 1.807) is 0 Å². The molecule has 1 aliphatic rings. The first-order valence-corrected chi connectivity index (χ1v) is 7.68. The van der Waals surface area contributed by atoms with Gasteiger partial charge in [-0.05, 0) is 43.7 Å². The maximum Gasteiger partial charge on any atom is 0.214 e. The zero-order chi connectivity index (χ0) is 13.5. The molecule has 0 radical (unpaired) electrons. The van der Waals surface area contributed by atoms with E-state index in [0.29, 0.717) is 12.6 Å². The first kappa shape index (κ1) is 14.3. The summed E-state index contributed by atoms with van der Waals surface area (Å²) < 4.78 is 6.10. The van der Waals surface area contributed by atoms with Gasteiger partial charge in [0.05, 0.1) is 0 Å². The number of rotatable bonds is 5. The van der Waals surface area contributed by atoms with Crippen molar-refractivity contribution in [3.8, 4) is 5.88 Å². The molecule has 0 bridgehead atoms. The average molecular weight is 262 g/mol. The Morgan fingerprint density at radius 3 is 2.58 bits per heavy atom. The predicted molar refractivity (Wildman–Crippen MR) is 78.2 cm³/mol. The van der Waals surface area contributed by atoms with E-state index in [1.165, 1.54) is 25.7 Å². The van der Waals surface area contributed by atoms with Crippen molar-refractivity contribution in [2.45, 2.75) is 70.9 Å². The van der Waals surface area contributed by atoms with E-state index in [-0.39, 0.29) is 0 Å². The van der Waals surface area contributed by atoms with Crippen LogP contribution in [0.2, 0.25) is 0 Å². The number of nitrogens with zero attached hydrogens (tertiary/aromatic N) is 1. The van der Waals surface area contributed by atoms with Crippen LogP contribution in [0.25, 0.3) is 0 Å². The monoisotopic (exact) mass is 262 g/mol. The van der Waals surface area contributed by atoms with Crippen LogP contribution in [0.5, 0.6) is 5.88 Å². The summed E-state index contributed by atoms with van der Waals surface area (Å²) in [6, 6.07) is 4.10. The van der Waals surface area contributed by atoms with Gasteiger partial charge in [0, 0.05) is 18.3 Å². The van der Waals surface area contributed by atoms with Crippen molar-refractivity contribution >= 4 is 0 Å². The fourth-order valence-corrected chi connectivity index (χ4v) is 2.71. The fourth-order valence-electron chi connectivity index (χ4n) is 2.71. The maximum absolute atomic E-state index is 6.10. The molecular formula is C16H26N2O. The quantitative estimate of drug-likeness (QED) is 0.825. The normalized spacial score (nSPS) is 17.2. The van der Waals surface area contributed by atoms with Crippen molar-refractivity contribution in [2.24, 2.45) is 5.73 Å². The van der Waals surface area contributed by atoms with E-state index in [4.69, 9.17) is 10.5 Å². The largest absolute Gasteiger partial charge is 0.474 e. The summed E-state index contributed by atoms with van der Waals surface area (Å²) in [5.74, 6) is 0.776. The Kier molecular flexibility index (Phi) is 5.64. The van der Waals surface area contributed by atoms with Crippen LogP contribution in [0, 0.1) is 0 Å². The number of hydrogen-bond donors (Lipinski definition) is 1. The van der Waals surface area contributed by atoms with Crippen LogP contribution < -0.4 is 10.5 Å². The highest BCUT2D eigenvalue weighted by Gasteiger charge is 2.15. The Balaban J connectivity index is 2.06. The average Bonchev–Trinajstić information content (AvgIpc) is 2.67. The molecule has 0 aliphatic heterocycles. The molecule has 1 fully saturated rings. The molecule has 3 heteroatoms. The first-order valence-electron chi connectivity index (χ1n) is 7.68. The molecule has 0 saturated heterocycles. The van der Waals surface area contributed by atoms with Gasteiger partial charge in [-0.1, -0.05) is 26.2 Å². The van der Waals surface area contributed by atoms with Gasteiger partial charge in [0.2, 0.25) is 5.88 Å². The van der Waals surface area contributed by atoms with Crippen LogP contribution in [-0.4, -0.2) is 11.1 Å². The molecule has 0 atom stereocenters. The van der Waals surface area contributed by atoms with Gasteiger partial charge in [-0.3, -0.25) is 0 Å². The lowest BCUT2D eigenvalue weighted by atomic mass is 10.1. The van der Waals surface area contributed by atoms with Crippen molar-refractivity contribution in [3.63, 3.8) is 0 Å². The van der Waals surface area contributed by atoms with Gasteiger partial charge < -0.3 is 10.5 Å². The molecule has 19 heavy (non-hydrogen) atoms. The summed E-state index contributed by atoms with van der Waals surface area (Å²) >= 11 is 0. The minimum atomic E-state index is 0.345. The Morgan fingerprint density at radius 1 is 1.21 bits per heavy atom. The molecule has 1 aliphatic carbocycles. The van der Waals surface area contributed by atoms with E-state index in [1.807, 2.05) is 6.07 Å². The van der Waals surface area contributed by atoms with Gasteiger partial charge in [-0.25, -0.2) is 4.98 Å². The third kappa shape index (κ3) is 4.50. The summed E-state index contributed by atoms with van der Waals surface area (Å²) in [4.78, 5) is 4.62.